The molecule has 3 heterocycles. The summed E-state index contributed by atoms with van der Waals surface area (Å²) in [6, 6.07) is 8.34. The highest BCUT2D eigenvalue weighted by Crippen LogP contribution is 2.46. The molecule has 4 amide bonds. The molecule has 0 radical (unpaired) electrons. The number of carbonyl (C=O) groups excluding carboxylic acids is 4. The minimum Gasteiger partial charge on any atom is -0.371 e. The van der Waals surface area contributed by atoms with Crippen molar-refractivity contribution in [3.05, 3.63) is 53.9 Å². The first-order chi connectivity index (χ1) is 20.9. The number of benzene rings is 1. The third kappa shape index (κ3) is 7.22. The van der Waals surface area contributed by atoms with Gasteiger partial charge in [0.1, 0.15) is 12.6 Å². The molecule has 44 heavy (non-hydrogen) atoms. The average molecular weight is 619 g/mol. The minimum atomic E-state index is -4.50. The zero-order chi connectivity index (χ0) is 31.6. The molecule has 5 rings (SSSR count). The Bertz CT molecular complexity index is 1370. The van der Waals surface area contributed by atoms with Gasteiger partial charge in [0.2, 0.25) is 17.7 Å². The summed E-state index contributed by atoms with van der Waals surface area (Å²) in [5.74, 6) is -1.86. The topological polar surface area (TPSA) is 126 Å². The SMILES string of the molecule is CNC(=O)[C@@H](NC(=O)[C@H]1CN(C(=O)c2cnn(CC(F)(F)F)c2)CC12CN(C(=O)CC1CC1)C2)[C@@H](C)OCc1ccccc1. The van der Waals surface area contributed by atoms with Crippen LogP contribution in [0, 0.1) is 17.3 Å². The Morgan fingerprint density at radius 1 is 1.09 bits per heavy atom. The number of likely N-dealkylation sites (tertiary alicyclic amines) is 2. The summed E-state index contributed by atoms with van der Waals surface area (Å²) in [4.78, 5) is 56.0. The fourth-order valence-electron chi connectivity index (χ4n) is 6.02. The molecular weight excluding hydrogens is 581 g/mol. The van der Waals surface area contributed by atoms with Gasteiger partial charge >= 0.3 is 6.18 Å². The first-order valence-electron chi connectivity index (χ1n) is 14.7. The monoisotopic (exact) mass is 618 g/mol. The second-order valence-electron chi connectivity index (χ2n) is 12.1. The second kappa shape index (κ2) is 12.6. The predicted molar refractivity (Wildman–Crippen MR) is 151 cm³/mol. The van der Waals surface area contributed by atoms with E-state index in [2.05, 4.69) is 15.7 Å². The van der Waals surface area contributed by atoms with E-state index in [1.807, 2.05) is 30.3 Å². The zero-order valence-corrected chi connectivity index (χ0v) is 24.7. The summed E-state index contributed by atoms with van der Waals surface area (Å²) >= 11 is 0. The Morgan fingerprint density at radius 2 is 1.77 bits per heavy atom. The zero-order valence-electron chi connectivity index (χ0n) is 24.7. The number of hydrogen-bond donors (Lipinski definition) is 2. The van der Waals surface area contributed by atoms with Crippen molar-refractivity contribution in [1.82, 2.24) is 30.2 Å². The van der Waals surface area contributed by atoms with Crippen LogP contribution in [0.4, 0.5) is 13.2 Å². The molecule has 2 aliphatic heterocycles. The average Bonchev–Trinajstić information content (AvgIpc) is 3.50. The van der Waals surface area contributed by atoms with Crippen molar-refractivity contribution in [3.8, 4) is 0 Å². The molecule has 1 aromatic carbocycles. The van der Waals surface area contributed by atoms with Crippen LogP contribution in [0.3, 0.4) is 0 Å². The lowest BCUT2D eigenvalue weighted by Crippen LogP contribution is -2.65. The Morgan fingerprint density at radius 3 is 2.41 bits per heavy atom. The third-order valence-electron chi connectivity index (χ3n) is 8.65. The number of alkyl halides is 3. The van der Waals surface area contributed by atoms with Crippen molar-refractivity contribution in [2.75, 3.05) is 33.2 Å². The second-order valence-corrected chi connectivity index (χ2v) is 12.1. The Kier molecular flexibility index (Phi) is 9.00. The highest BCUT2D eigenvalue weighted by molar-refractivity contribution is 5.95. The smallest absolute Gasteiger partial charge is 0.371 e. The number of ether oxygens (including phenoxy) is 1. The molecule has 2 aromatic rings. The first kappa shape index (κ1) is 31.5. The van der Waals surface area contributed by atoms with Gasteiger partial charge < -0.3 is 25.2 Å². The maximum absolute atomic E-state index is 13.9. The summed E-state index contributed by atoms with van der Waals surface area (Å²) in [5, 5.41) is 9.06. The van der Waals surface area contributed by atoms with Gasteiger partial charge in [-0.1, -0.05) is 30.3 Å². The van der Waals surface area contributed by atoms with Gasteiger partial charge in [-0.05, 0) is 31.2 Å². The van der Waals surface area contributed by atoms with E-state index in [4.69, 9.17) is 4.74 Å². The number of nitrogens with zero attached hydrogens (tertiary/aromatic N) is 4. The van der Waals surface area contributed by atoms with Crippen LogP contribution in [0.25, 0.3) is 0 Å². The first-order valence-corrected chi connectivity index (χ1v) is 14.7. The van der Waals surface area contributed by atoms with Crippen molar-refractivity contribution in [1.29, 1.82) is 0 Å². The summed E-state index contributed by atoms with van der Waals surface area (Å²) in [6.45, 7) is 1.20. The molecule has 2 saturated heterocycles. The molecule has 1 spiro atoms. The number of halogens is 3. The third-order valence-corrected chi connectivity index (χ3v) is 8.65. The van der Waals surface area contributed by atoms with E-state index in [1.165, 1.54) is 11.9 Å². The molecule has 3 aliphatic rings. The molecule has 3 atom stereocenters. The lowest BCUT2D eigenvalue weighted by atomic mass is 9.71. The maximum Gasteiger partial charge on any atom is 0.408 e. The molecule has 11 nitrogen and oxygen atoms in total. The maximum atomic E-state index is 13.9. The van der Waals surface area contributed by atoms with Crippen molar-refractivity contribution in [2.45, 2.75) is 57.7 Å². The Labute approximate surface area is 253 Å². The van der Waals surface area contributed by atoms with E-state index in [1.54, 1.807) is 11.8 Å². The van der Waals surface area contributed by atoms with E-state index in [0.717, 1.165) is 30.8 Å². The van der Waals surface area contributed by atoms with Crippen LogP contribution < -0.4 is 10.6 Å². The minimum absolute atomic E-state index is 0.00154. The van der Waals surface area contributed by atoms with Crippen LogP contribution in [0.15, 0.2) is 42.7 Å². The van der Waals surface area contributed by atoms with Crippen molar-refractivity contribution in [3.63, 3.8) is 0 Å². The van der Waals surface area contributed by atoms with Crippen LogP contribution in [-0.4, -0.2) is 94.8 Å². The van der Waals surface area contributed by atoms with Crippen molar-refractivity contribution in [2.24, 2.45) is 17.3 Å². The molecular formula is C30H37F3N6O5. The number of aromatic nitrogens is 2. The predicted octanol–water partition coefficient (Wildman–Crippen LogP) is 1.98. The lowest BCUT2D eigenvalue weighted by molar-refractivity contribution is -0.151. The van der Waals surface area contributed by atoms with Gasteiger partial charge in [-0.25, -0.2) is 0 Å². The summed E-state index contributed by atoms with van der Waals surface area (Å²) in [5.41, 5.74) is 0.106. The van der Waals surface area contributed by atoms with Gasteiger partial charge in [0.05, 0.1) is 30.4 Å². The highest BCUT2D eigenvalue weighted by Gasteiger charge is 2.59. The van der Waals surface area contributed by atoms with E-state index in [0.29, 0.717) is 17.0 Å². The standard InChI is InChI=1S/C30H37F3N6O5/c1-19(44-14-21-6-4-3-5-7-21)25(27(42)34-2)36-26(41)23-13-37(28(43)22-11-35-39(12-22)18-30(31,32)33)15-29(23)16-38(17-29)24(40)10-20-8-9-20/h3-7,11-12,19-20,23,25H,8-10,13-18H2,1-2H3,(H,34,42)(H,36,41)/t19-,23-,25+/m1/s1. The van der Waals surface area contributed by atoms with Crippen LogP contribution in [-0.2, 0) is 32.3 Å². The van der Waals surface area contributed by atoms with Gasteiger partial charge in [-0.3, -0.25) is 23.9 Å². The number of carbonyl (C=O) groups is 4. The van der Waals surface area contributed by atoms with Crippen molar-refractivity contribution < 1.29 is 37.1 Å². The molecule has 1 aliphatic carbocycles. The van der Waals surface area contributed by atoms with Crippen LogP contribution in [0.1, 0.15) is 42.1 Å². The van der Waals surface area contributed by atoms with Gasteiger partial charge in [0, 0.05) is 51.3 Å². The fraction of sp³-hybridized carbons (Fsp3) is 0.567. The van der Waals surface area contributed by atoms with Crippen molar-refractivity contribution >= 4 is 23.6 Å². The molecule has 14 heteroatoms. The van der Waals surface area contributed by atoms with E-state index in [9.17, 15) is 32.3 Å². The van der Waals surface area contributed by atoms with E-state index in [-0.39, 0.29) is 44.3 Å². The van der Waals surface area contributed by atoms with Gasteiger partial charge in [-0.15, -0.1) is 0 Å². The number of amides is 4. The molecule has 0 bridgehead atoms. The molecule has 3 fully saturated rings. The van der Waals surface area contributed by atoms with Crippen LogP contribution in [0.2, 0.25) is 0 Å². The molecule has 1 aromatic heterocycles. The normalized spacial score (nSPS) is 20.6. The van der Waals surface area contributed by atoms with Crippen LogP contribution >= 0.6 is 0 Å². The van der Waals surface area contributed by atoms with Gasteiger partial charge in [0.25, 0.3) is 5.91 Å². The number of nitrogens with one attached hydrogen (secondary N) is 2. The van der Waals surface area contributed by atoms with E-state index >= 15 is 0 Å². The summed E-state index contributed by atoms with van der Waals surface area (Å²) in [7, 11) is 1.46. The quantitative estimate of drug-likeness (QED) is 0.397. The van der Waals surface area contributed by atoms with Crippen LogP contribution in [0.5, 0.6) is 0 Å². The van der Waals surface area contributed by atoms with E-state index < -0.39 is 53.9 Å². The molecule has 238 valence electrons. The molecule has 0 unspecified atom stereocenters. The lowest BCUT2D eigenvalue weighted by Gasteiger charge is -2.50. The largest absolute Gasteiger partial charge is 0.408 e. The summed E-state index contributed by atoms with van der Waals surface area (Å²) < 4.78 is 45.1. The molecule has 1 saturated carbocycles. The molecule has 2 N–H and O–H groups in total. The fourth-order valence-corrected chi connectivity index (χ4v) is 6.02. The number of rotatable bonds is 11. The number of likely N-dealkylation sites (N-methyl/N-ethyl adjacent to an activating group) is 1. The highest BCUT2D eigenvalue weighted by atomic mass is 19.4. The Balaban J connectivity index is 1.31. The number of hydrogen-bond acceptors (Lipinski definition) is 6. The van der Waals surface area contributed by atoms with Gasteiger partial charge in [-0.2, -0.15) is 18.3 Å². The summed E-state index contributed by atoms with van der Waals surface area (Å²) in [6.07, 6.45) is -0.603. The van der Waals surface area contributed by atoms with Gasteiger partial charge in [0.15, 0.2) is 0 Å². The Hall–Kier alpha value is -3.94.